The van der Waals surface area contributed by atoms with Crippen LogP contribution in [0, 0.1) is 6.92 Å². The number of aryl methyl sites for hydroxylation is 2. The molecule has 0 saturated heterocycles. The number of amides is 1. The van der Waals surface area contributed by atoms with Crippen molar-refractivity contribution in [2.75, 3.05) is 5.32 Å². The summed E-state index contributed by atoms with van der Waals surface area (Å²) in [5.41, 5.74) is 3.40. The number of aromatic nitrogens is 5. The number of fused-ring (bicyclic) bond motifs is 1. The van der Waals surface area contributed by atoms with Crippen molar-refractivity contribution in [2.45, 2.75) is 26.9 Å². The van der Waals surface area contributed by atoms with Gasteiger partial charge in [0, 0.05) is 12.7 Å². The van der Waals surface area contributed by atoms with Crippen LogP contribution in [0.5, 0.6) is 0 Å². The lowest BCUT2D eigenvalue weighted by Crippen LogP contribution is -2.19. The predicted octanol–water partition coefficient (Wildman–Crippen LogP) is 1.59. The van der Waals surface area contributed by atoms with Gasteiger partial charge in [-0.3, -0.25) is 19.1 Å². The molecule has 0 bridgehead atoms. The van der Waals surface area contributed by atoms with Gasteiger partial charge in [-0.2, -0.15) is 10.2 Å². The topological polar surface area (TPSA) is 77.6 Å². The van der Waals surface area contributed by atoms with E-state index in [0.29, 0.717) is 5.69 Å². The Hall–Kier alpha value is -2.70. The summed E-state index contributed by atoms with van der Waals surface area (Å²) in [6.45, 7) is 4.87. The van der Waals surface area contributed by atoms with Crippen LogP contribution in [-0.2, 0) is 17.9 Å². The first-order valence-electron chi connectivity index (χ1n) is 6.78. The van der Waals surface area contributed by atoms with E-state index < -0.39 is 0 Å². The van der Waals surface area contributed by atoms with Gasteiger partial charge in [-0.15, -0.1) is 0 Å². The van der Waals surface area contributed by atoms with Crippen LogP contribution in [0.1, 0.15) is 12.6 Å². The molecule has 0 saturated carbocycles. The smallest absolute Gasteiger partial charge is 0.246 e. The lowest BCUT2D eigenvalue weighted by Gasteiger charge is -2.05. The molecule has 0 aliphatic rings. The Morgan fingerprint density at radius 3 is 2.90 bits per heavy atom. The van der Waals surface area contributed by atoms with E-state index >= 15 is 0 Å². The van der Waals surface area contributed by atoms with Gasteiger partial charge >= 0.3 is 0 Å². The second-order valence-electron chi connectivity index (χ2n) is 4.73. The fourth-order valence-electron chi connectivity index (χ4n) is 2.35. The van der Waals surface area contributed by atoms with Crippen molar-refractivity contribution in [3.63, 3.8) is 0 Å². The van der Waals surface area contributed by atoms with Gasteiger partial charge in [-0.25, -0.2) is 0 Å². The molecule has 7 nitrogen and oxygen atoms in total. The minimum atomic E-state index is -0.142. The Morgan fingerprint density at radius 1 is 1.33 bits per heavy atom. The number of nitrogens with one attached hydrogen (secondary N) is 1. The quantitative estimate of drug-likeness (QED) is 0.789. The molecular weight excluding hydrogens is 268 g/mol. The molecule has 0 radical (unpaired) electrons. The van der Waals surface area contributed by atoms with Gasteiger partial charge < -0.3 is 5.32 Å². The highest BCUT2D eigenvalue weighted by atomic mass is 16.2. The minimum Gasteiger partial charge on any atom is -0.323 e. The van der Waals surface area contributed by atoms with E-state index in [1.165, 1.54) is 0 Å². The standard InChI is InChI=1S/C14H16N6O/c1-3-19-12-8-16-20(14(12)10(2)18-19)9-13(21)17-11-5-4-6-15-7-11/h4-8H,3,9H2,1-2H3,(H,17,21). The van der Waals surface area contributed by atoms with Crippen molar-refractivity contribution in [3.8, 4) is 0 Å². The normalized spacial score (nSPS) is 11.0. The molecule has 3 heterocycles. The summed E-state index contributed by atoms with van der Waals surface area (Å²) in [4.78, 5) is 16.0. The predicted molar refractivity (Wildman–Crippen MR) is 78.8 cm³/mol. The molecule has 7 heteroatoms. The number of carbonyl (C=O) groups is 1. The van der Waals surface area contributed by atoms with E-state index in [1.807, 2.05) is 18.5 Å². The third-order valence-corrected chi connectivity index (χ3v) is 3.25. The number of carbonyl (C=O) groups excluding carboxylic acids is 1. The van der Waals surface area contributed by atoms with Crippen LogP contribution in [0.2, 0.25) is 0 Å². The molecule has 0 atom stereocenters. The van der Waals surface area contributed by atoms with Gasteiger partial charge in [0.15, 0.2) is 0 Å². The summed E-state index contributed by atoms with van der Waals surface area (Å²) in [6, 6.07) is 3.57. The van der Waals surface area contributed by atoms with Crippen LogP contribution in [-0.4, -0.2) is 30.5 Å². The molecule has 0 aliphatic carbocycles. The van der Waals surface area contributed by atoms with Crippen molar-refractivity contribution in [1.29, 1.82) is 0 Å². The average Bonchev–Trinajstić information content (AvgIpc) is 3.02. The van der Waals surface area contributed by atoms with Gasteiger partial charge in [-0.05, 0) is 26.0 Å². The highest BCUT2D eigenvalue weighted by Gasteiger charge is 2.14. The van der Waals surface area contributed by atoms with E-state index in [0.717, 1.165) is 23.3 Å². The Labute approximate surface area is 121 Å². The number of hydrogen-bond donors (Lipinski definition) is 1. The summed E-state index contributed by atoms with van der Waals surface area (Å²) in [5.74, 6) is -0.142. The number of anilines is 1. The van der Waals surface area contributed by atoms with Crippen LogP contribution >= 0.6 is 0 Å². The first-order valence-corrected chi connectivity index (χ1v) is 6.78. The van der Waals surface area contributed by atoms with Crippen LogP contribution in [0.25, 0.3) is 11.0 Å². The zero-order valence-electron chi connectivity index (χ0n) is 11.9. The van der Waals surface area contributed by atoms with Crippen LogP contribution in [0.15, 0.2) is 30.7 Å². The second-order valence-corrected chi connectivity index (χ2v) is 4.73. The molecule has 0 unspecified atom stereocenters. The van der Waals surface area contributed by atoms with Crippen molar-refractivity contribution in [3.05, 3.63) is 36.4 Å². The van der Waals surface area contributed by atoms with Crippen LogP contribution in [0.4, 0.5) is 5.69 Å². The zero-order chi connectivity index (χ0) is 14.8. The number of nitrogens with zero attached hydrogens (tertiary/aromatic N) is 5. The van der Waals surface area contributed by atoms with Crippen molar-refractivity contribution in [2.24, 2.45) is 0 Å². The zero-order valence-corrected chi connectivity index (χ0v) is 11.9. The number of rotatable bonds is 4. The Morgan fingerprint density at radius 2 is 2.19 bits per heavy atom. The summed E-state index contributed by atoms with van der Waals surface area (Å²) < 4.78 is 3.56. The molecule has 3 aromatic heterocycles. The van der Waals surface area contributed by atoms with Crippen molar-refractivity contribution in [1.82, 2.24) is 24.5 Å². The maximum atomic E-state index is 12.1. The molecule has 108 valence electrons. The van der Waals surface area contributed by atoms with Gasteiger partial charge in [0.1, 0.15) is 17.6 Å². The molecule has 0 spiro atoms. The first-order chi connectivity index (χ1) is 10.2. The van der Waals surface area contributed by atoms with E-state index in [9.17, 15) is 4.79 Å². The molecular formula is C14H16N6O. The van der Waals surface area contributed by atoms with Crippen LogP contribution < -0.4 is 5.32 Å². The average molecular weight is 284 g/mol. The van der Waals surface area contributed by atoms with Gasteiger partial charge in [-0.1, -0.05) is 0 Å². The lowest BCUT2D eigenvalue weighted by atomic mass is 10.4. The fraction of sp³-hybridized carbons (Fsp3) is 0.286. The summed E-state index contributed by atoms with van der Waals surface area (Å²) in [5, 5.41) is 11.5. The molecule has 1 amide bonds. The van der Waals surface area contributed by atoms with E-state index in [2.05, 4.69) is 20.5 Å². The number of hydrogen-bond acceptors (Lipinski definition) is 4. The maximum absolute atomic E-state index is 12.1. The van der Waals surface area contributed by atoms with Crippen molar-refractivity contribution >= 4 is 22.6 Å². The van der Waals surface area contributed by atoms with E-state index in [4.69, 9.17) is 0 Å². The van der Waals surface area contributed by atoms with E-state index in [-0.39, 0.29) is 12.5 Å². The highest BCUT2D eigenvalue weighted by Crippen LogP contribution is 2.17. The fourth-order valence-corrected chi connectivity index (χ4v) is 2.35. The summed E-state index contributed by atoms with van der Waals surface area (Å²) in [7, 11) is 0. The Bertz CT molecular complexity index is 773. The second kappa shape index (κ2) is 5.35. The molecule has 0 aromatic carbocycles. The molecule has 21 heavy (non-hydrogen) atoms. The maximum Gasteiger partial charge on any atom is 0.246 e. The van der Waals surface area contributed by atoms with E-state index in [1.54, 1.807) is 35.4 Å². The van der Waals surface area contributed by atoms with Gasteiger partial charge in [0.25, 0.3) is 0 Å². The Balaban J connectivity index is 1.82. The minimum absolute atomic E-state index is 0.142. The molecule has 1 N–H and O–H groups in total. The third kappa shape index (κ3) is 2.49. The summed E-state index contributed by atoms with van der Waals surface area (Å²) >= 11 is 0. The largest absolute Gasteiger partial charge is 0.323 e. The SMILES string of the molecule is CCn1nc(C)c2c1cnn2CC(=O)Nc1cccnc1. The molecule has 0 aliphatic heterocycles. The lowest BCUT2D eigenvalue weighted by molar-refractivity contribution is -0.116. The molecule has 3 rings (SSSR count). The third-order valence-electron chi connectivity index (χ3n) is 3.25. The Kier molecular flexibility index (Phi) is 3.39. The van der Waals surface area contributed by atoms with Crippen LogP contribution in [0.3, 0.4) is 0 Å². The van der Waals surface area contributed by atoms with Gasteiger partial charge in [0.2, 0.25) is 5.91 Å². The first kappa shape index (κ1) is 13.3. The highest BCUT2D eigenvalue weighted by molar-refractivity contribution is 5.91. The molecule has 3 aromatic rings. The number of pyridine rings is 1. The molecule has 0 fully saturated rings. The monoisotopic (exact) mass is 284 g/mol. The van der Waals surface area contributed by atoms with Crippen molar-refractivity contribution < 1.29 is 4.79 Å². The summed E-state index contributed by atoms with van der Waals surface area (Å²) in [6.07, 6.45) is 5.02. The van der Waals surface area contributed by atoms with Gasteiger partial charge in [0.05, 0.1) is 23.8 Å².